The van der Waals surface area contributed by atoms with Crippen molar-refractivity contribution in [3.05, 3.63) is 34.6 Å². The molecule has 0 saturated heterocycles. The van der Waals surface area contributed by atoms with E-state index >= 15 is 0 Å². The van der Waals surface area contributed by atoms with Crippen LogP contribution in [0.15, 0.2) is 18.2 Å². The Balaban J connectivity index is 2.88. The highest BCUT2D eigenvalue weighted by molar-refractivity contribution is 6.31. The number of halogens is 2. The molecule has 1 aromatic rings. The van der Waals surface area contributed by atoms with Crippen LogP contribution in [0.25, 0.3) is 0 Å². The molecule has 0 heterocycles. The monoisotopic (exact) mass is 262 g/mol. The van der Waals surface area contributed by atoms with E-state index in [9.17, 15) is 19.4 Å². The van der Waals surface area contributed by atoms with Gasteiger partial charge in [-0.15, -0.1) is 0 Å². The van der Waals surface area contributed by atoms with Crippen molar-refractivity contribution in [1.82, 2.24) is 0 Å². The van der Waals surface area contributed by atoms with Gasteiger partial charge in [-0.2, -0.15) is 0 Å². The highest BCUT2D eigenvalue weighted by Crippen LogP contribution is 2.26. The minimum Gasteiger partial charge on any atom is -0.464 e. The normalized spacial score (nSPS) is 14.2. The third-order valence-corrected chi connectivity index (χ3v) is 2.44. The predicted octanol–water partition coefficient (Wildman–Crippen LogP) is 1.44. The fraction of sp³-hybridized carbons (Fsp3) is 0.364. The Labute approximate surface area is 103 Å². The number of aliphatic hydroxyl groups is 2. The van der Waals surface area contributed by atoms with Crippen LogP contribution in [0.3, 0.4) is 0 Å². The number of hydrogen-bond acceptors (Lipinski definition) is 4. The maximum Gasteiger partial charge on any atom is 0.338 e. The minimum atomic E-state index is -1.75. The number of rotatable bonds is 4. The summed E-state index contributed by atoms with van der Waals surface area (Å²) < 4.78 is 17.3. The second kappa shape index (κ2) is 5.95. The van der Waals surface area contributed by atoms with Crippen molar-refractivity contribution in [3.63, 3.8) is 0 Å². The molecule has 0 bridgehead atoms. The van der Waals surface area contributed by atoms with Gasteiger partial charge >= 0.3 is 5.97 Å². The zero-order chi connectivity index (χ0) is 13.0. The molecule has 2 atom stereocenters. The molecule has 0 radical (unpaired) electrons. The van der Waals surface area contributed by atoms with Gasteiger partial charge in [-0.1, -0.05) is 17.7 Å². The average Bonchev–Trinajstić information content (AvgIpc) is 2.27. The number of aliphatic hydroxyl groups excluding tert-OH is 2. The number of esters is 1. The fourth-order valence-corrected chi connectivity index (χ4v) is 1.55. The smallest absolute Gasteiger partial charge is 0.338 e. The van der Waals surface area contributed by atoms with E-state index in [0.29, 0.717) is 0 Å². The Morgan fingerprint density at radius 1 is 1.53 bits per heavy atom. The summed E-state index contributed by atoms with van der Waals surface area (Å²) in [6, 6.07) is 3.26. The molecule has 0 saturated carbocycles. The molecule has 94 valence electrons. The third-order valence-electron chi connectivity index (χ3n) is 2.11. The number of carbonyl (C=O) groups excluding carboxylic acids is 1. The molecule has 0 aliphatic carbocycles. The first-order chi connectivity index (χ1) is 7.97. The summed E-state index contributed by atoms with van der Waals surface area (Å²) in [5.41, 5.74) is 0.0635. The van der Waals surface area contributed by atoms with Crippen LogP contribution in [0.4, 0.5) is 4.39 Å². The van der Waals surface area contributed by atoms with Crippen molar-refractivity contribution in [1.29, 1.82) is 0 Å². The van der Waals surface area contributed by atoms with Crippen LogP contribution in [0.2, 0.25) is 5.02 Å². The quantitative estimate of drug-likeness (QED) is 0.806. The van der Waals surface area contributed by atoms with Crippen molar-refractivity contribution >= 4 is 17.6 Å². The molecule has 1 rings (SSSR count). The number of hydrogen-bond donors (Lipinski definition) is 2. The maximum absolute atomic E-state index is 12.8. The van der Waals surface area contributed by atoms with Crippen LogP contribution >= 0.6 is 11.6 Å². The molecular formula is C11H12ClFO4. The lowest BCUT2D eigenvalue weighted by Crippen LogP contribution is -2.30. The van der Waals surface area contributed by atoms with Crippen LogP contribution in [0.1, 0.15) is 18.6 Å². The second-order valence-corrected chi connectivity index (χ2v) is 3.71. The lowest BCUT2D eigenvalue weighted by atomic mass is 10.0. The van der Waals surface area contributed by atoms with Gasteiger partial charge in [-0.25, -0.2) is 9.18 Å². The van der Waals surface area contributed by atoms with Crippen LogP contribution in [-0.2, 0) is 9.53 Å². The summed E-state index contributed by atoms with van der Waals surface area (Å²) in [6.45, 7) is 1.65. The summed E-state index contributed by atoms with van der Waals surface area (Å²) in [6.07, 6.45) is -3.31. The van der Waals surface area contributed by atoms with E-state index in [4.69, 9.17) is 11.6 Å². The third kappa shape index (κ3) is 3.39. The lowest BCUT2D eigenvalue weighted by Gasteiger charge is -2.17. The number of ether oxygens (including phenoxy) is 1. The summed E-state index contributed by atoms with van der Waals surface area (Å²) >= 11 is 5.69. The van der Waals surface area contributed by atoms with Gasteiger partial charge in [0.05, 0.1) is 6.61 Å². The Kier molecular flexibility index (Phi) is 4.86. The average molecular weight is 263 g/mol. The van der Waals surface area contributed by atoms with E-state index in [2.05, 4.69) is 4.74 Å². The van der Waals surface area contributed by atoms with Gasteiger partial charge in [0, 0.05) is 10.6 Å². The van der Waals surface area contributed by atoms with Crippen LogP contribution in [0.5, 0.6) is 0 Å². The Bertz CT molecular complexity index is 410. The molecule has 0 fully saturated rings. The van der Waals surface area contributed by atoms with E-state index in [1.165, 1.54) is 6.07 Å². The molecule has 2 unspecified atom stereocenters. The van der Waals surface area contributed by atoms with Gasteiger partial charge < -0.3 is 14.9 Å². The maximum atomic E-state index is 12.8. The van der Waals surface area contributed by atoms with Gasteiger partial charge in [0.2, 0.25) is 0 Å². The largest absolute Gasteiger partial charge is 0.464 e. The summed E-state index contributed by atoms with van der Waals surface area (Å²) in [4.78, 5) is 11.2. The SMILES string of the molecule is CCOC(=O)C(O)C(O)c1ccc(F)cc1Cl. The van der Waals surface area contributed by atoms with E-state index in [-0.39, 0.29) is 17.2 Å². The number of benzene rings is 1. The Hall–Kier alpha value is -1.17. The molecule has 6 heteroatoms. The standard InChI is InChI=1S/C11H12ClFO4/c1-2-17-11(16)10(15)9(14)7-4-3-6(13)5-8(7)12/h3-5,9-10,14-15H,2H2,1H3. The van der Waals surface area contributed by atoms with Gasteiger partial charge in [-0.05, 0) is 19.1 Å². The van der Waals surface area contributed by atoms with Crippen LogP contribution < -0.4 is 0 Å². The van der Waals surface area contributed by atoms with E-state index in [1.807, 2.05) is 0 Å². The van der Waals surface area contributed by atoms with E-state index in [1.54, 1.807) is 6.92 Å². The predicted molar refractivity (Wildman–Crippen MR) is 59.0 cm³/mol. The molecule has 0 amide bonds. The Morgan fingerprint density at radius 2 is 2.18 bits per heavy atom. The molecule has 1 aromatic carbocycles. The molecule has 4 nitrogen and oxygen atoms in total. The minimum absolute atomic E-state index is 0.0635. The summed E-state index contributed by atoms with van der Waals surface area (Å²) in [5, 5.41) is 19.1. The molecule has 0 spiro atoms. The second-order valence-electron chi connectivity index (χ2n) is 3.31. The molecule has 0 aliphatic rings. The lowest BCUT2D eigenvalue weighted by molar-refractivity contribution is -0.159. The van der Waals surface area contributed by atoms with Crippen LogP contribution in [0, 0.1) is 5.82 Å². The molecule has 17 heavy (non-hydrogen) atoms. The van der Waals surface area contributed by atoms with Crippen molar-refractivity contribution < 1.29 is 24.1 Å². The van der Waals surface area contributed by atoms with E-state index < -0.39 is 24.0 Å². The Morgan fingerprint density at radius 3 is 2.71 bits per heavy atom. The molecular weight excluding hydrogens is 251 g/mol. The molecule has 0 aliphatic heterocycles. The summed E-state index contributed by atoms with van der Waals surface area (Å²) in [7, 11) is 0. The van der Waals surface area contributed by atoms with Crippen molar-refractivity contribution in [2.75, 3.05) is 6.61 Å². The molecule has 0 aromatic heterocycles. The van der Waals surface area contributed by atoms with Gasteiger partial charge in [0.25, 0.3) is 0 Å². The van der Waals surface area contributed by atoms with E-state index in [0.717, 1.165) is 12.1 Å². The number of carbonyl (C=O) groups is 1. The topological polar surface area (TPSA) is 66.8 Å². The van der Waals surface area contributed by atoms with Gasteiger partial charge in [0.15, 0.2) is 6.10 Å². The zero-order valence-corrected chi connectivity index (χ0v) is 9.82. The van der Waals surface area contributed by atoms with Gasteiger partial charge in [-0.3, -0.25) is 0 Å². The molecule has 2 N–H and O–H groups in total. The fourth-order valence-electron chi connectivity index (χ4n) is 1.27. The highest BCUT2D eigenvalue weighted by atomic mass is 35.5. The van der Waals surface area contributed by atoms with Crippen molar-refractivity contribution in [2.45, 2.75) is 19.1 Å². The zero-order valence-electron chi connectivity index (χ0n) is 9.06. The van der Waals surface area contributed by atoms with Crippen molar-refractivity contribution in [3.8, 4) is 0 Å². The first kappa shape index (κ1) is 13.9. The van der Waals surface area contributed by atoms with Crippen molar-refractivity contribution in [2.24, 2.45) is 0 Å². The van der Waals surface area contributed by atoms with Crippen LogP contribution in [-0.4, -0.2) is 28.9 Å². The highest BCUT2D eigenvalue weighted by Gasteiger charge is 2.28. The summed E-state index contributed by atoms with van der Waals surface area (Å²) in [5.74, 6) is -1.53. The first-order valence-corrected chi connectivity index (χ1v) is 5.33. The first-order valence-electron chi connectivity index (χ1n) is 4.95. The van der Waals surface area contributed by atoms with Gasteiger partial charge in [0.1, 0.15) is 11.9 Å².